The molecule has 4 unspecified atom stereocenters. The number of nitrogens with one attached hydrogen (secondary N) is 4. The molecule has 0 aliphatic heterocycles. The molecule has 0 fully saturated rings. The van der Waals surface area contributed by atoms with Crippen LogP contribution in [0.5, 0.6) is 11.5 Å². The molecule has 2 aromatic carbocycles. The quantitative estimate of drug-likeness (QED) is 0.111. The summed E-state index contributed by atoms with van der Waals surface area (Å²) in [6.45, 7) is -0.805. The van der Waals surface area contributed by atoms with E-state index in [1.807, 2.05) is 0 Å². The summed E-state index contributed by atoms with van der Waals surface area (Å²) in [5.41, 5.74) is 7.55. The number of amides is 3. The number of benzene rings is 2. The van der Waals surface area contributed by atoms with Gasteiger partial charge in [-0.2, -0.15) is 0 Å². The largest absolute Gasteiger partial charge is 0.508 e. The molecular formula is C27H32N6O8. The molecule has 0 radical (unpaired) electrons. The van der Waals surface area contributed by atoms with Gasteiger partial charge in [0.1, 0.15) is 29.6 Å². The Labute approximate surface area is 234 Å². The maximum Gasteiger partial charge on any atom is 0.326 e. The normalized spacial score (nSPS) is 13.8. The highest BCUT2D eigenvalue weighted by molar-refractivity contribution is 5.94. The van der Waals surface area contributed by atoms with Gasteiger partial charge in [0.25, 0.3) is 0 Å². The van der Waals surface area contributed by atoms with E-state index in [4.69, 9.17) is 5.73 Å². The van der Waals surface area contributed by atoms with Crippen molar-refractivity contribution in [3.63, 3.8) is 0 Å². The van der Waals surface area contributed by atoms with Gasteiger partial charge in [0.05, 0.1) is 19.0 Å². The summed E-state index contributed by atoms with van der Waals surface area (Å²) in [5, 5.41) is 45.8. The van der Waals surface area contributed by atoms with E-state index in [0.717, 1.165) is 0 Å². The summed E-state index contributed by atoms with van der Waals surface area (Å²) in [7, 11) is 0. The molecule has 0 saturated carbocycles. The average Bonchev–Trinajstić information content (AvgIpc) is 3.46. The van der Waals surface area contributed by atoms with Gasteiger partial charge in [0.15, 0.2) is 0 Å². The summed E-state index contributed by atoms with van der Waals surface area (Å²) in [4.78, 5) is 57.4. The Hall–Kier alpha value is -4.95. The van der Waals surface area contributed by atoms with Gasteiger partial charge in [0.2, 0.25) is 17.7 Å². The molecular weight excluding hydrogens is 536 g/mol. The third kappa shape index (κ3) is 9.33. The number of phenolic OH excluding ortho intramolecular Hbond substituents is 2. The summed E-state index contributed by atoms with van der Waals surface area (Å²) in [5.74, 6) is -3.82. The smallest absolute Gasteiger partial charge is 0.326 e. The average molecular weight is 569 g/mol. The van der Waals surface area contributed by atoms with E-state index >= 15 is 0 Å². The lowest BCUT2D eigenvalue weighted by Gasteiger charge is -2.24. The number of carbonyl (C=O) groups is 4. The van der Waals surface area contributed by atoms with Crippen molar-refractivity contribution in [3.8, 4) is 11.5 Å². The summed E-state index contributed by atoms with van der Waals surface area (Å²) >= 11 is 0. The fourth-order valence-electron chi connectivity index (χ4n) is 3.89. The maximum atomic E-state index is 13.3. The number of H-pyrrole nitrogens is 1. The molecule has 0 bridgehead atoms. The molecule has 0 aliphatic carbocycles. The topological polar surface area (TPSA) is 240 Å². The van der Waals surface area contributed by atoms with Crippen molar-refractivity contribution in [1.29, 1.82) is 0 Å². The first-order valence-electron chi connectivity index (χ1n) is 12.6. The molecule has 4 atom stereocenters. The molecule has 3 rings (SSSR count). The second-order valence-electron chi connectivity index (χ2n) is 9.33. The van der Waals surface area contributed by atoms with Crippen molar-refractivity contribution in [2.45, 2.75) is 43.4 Å². The van der Waals surface area contributed by atoms with Crippen LogP contribution < -0.4 is 21.7 Å². The number of carbonyl (C=O) groups excluding carboxylic acids is 3. The Morgan fingerprint density at radius 1 is 0.756 bits per heavy atom. The molecule has 1 aromatic heterocycles. The summed E-state index contributed by atoms with van der Waals surface area (Å²) in [6, 6.07) is 6.38. The number of aliphatic carboxylic acids is 1. The molecule has 218 valence electrons. The fraction of sp³-hybridized carbons (Fsp3) is 0.296. The number of carboxylic acids is 1. The number of nitrogens with zero attached hydrogens (tertiary/aromatic N) is 1. The predicted octanol–water partition coefficient (Wildman–Crippen LogP) is -1.29. The zero-order chi connectivity index (χ0) is 29.9. The van der Waals surface area contributed by atoms with Gasteiger partial charge in [-0.25, -0.2) is 9.78 Å². The monoisotopic (exact) mass is 568 g/mol. The van der Waals surface area contributed by atoms with Crippen molar-refractivity contribution in [1.82, 2.24) is 25.9 Å². The van der Waals surface area contributed by atoms with Gasteiger partial charge in [-0.3, -0.25) is 14.4 Å². The van der Waals surface area contributed by atoms with E-state index in [9.17, 15) is 39.6 Å². The number of aliphatic hydroxyl groups excluding tert-OH is 1. The van der Waals surface area contributed by atoms with Crippen molar-refractivity contribution in [2.75, 3.05) is 6.61 Å². The van der Waals surface area contributed by atoms with Crippen LogP contribution in [0.4, 0.5) is 0 Å². The molecule has 0 spiro atoms. The Bertz CT molecular complexity index is 1310. The standard InChI is InChI=1S/C27H32N6O8/c28-20(11-17-12-29-14-30-17)24(37)33-23(13-34)26(39)31-21(9-15-1-5-18(35)6-2-15)25(38)32-22(27(40)41)10-16-3-7-19(36)8-4-16/h1-8,12,14,20-23,34-36H,9-11,13,28H2,(H,29,30)(H,31,39)(H,32,38)(H,33,37)(H,40,41). The van der Waals surface area contributed by atoms with Crippen LogP contribution in [0.2, 0.25) is 0 Å². The molecule has 3 aromatic rings. The van der Waals surface area contributed by atoms with Gasteiger partial charge in [-0.05, 0) is 35.4 Å². The molecule has 14 heteroatoms. The first-order chi connectivity index (χ1) is 19.5. The number of nitrogens with two attached hydrogens (primary N) is 1. The highest BCUT2D eigenvalue weighted by Gasteiger charge is 2.30. The van der Waals surface area contributed by atoms with E-state index in [1.54, 1.807) is 0 Å². The fourth-order valence-corrected chi connectivity index (χ4v) is 3.89. The lowest BCUT2D eigenvalue weighted by Crippen LogP contribution is -2.58. The van der Waals surface area contributed by atoms with E-state index in [1.165, 1.54) is 61.1 Å². The molecule has 41 heavy (non-hydrogen) atoms. The van der Waals surface area contributed by atoms with Crippen molar-refractivity contribution >= 4 is 23.7 Å². The Balaban J connectivity index is 1.73. The number of phenols is 2. The number of rotatable bonds is 14. The van der Waals surface area contributed by atoms with Crippen LogP contribution in [-0.4, -0.2) is 84.9 Å². The molecule has 0 aliphatic rings. The molecule has 14 nitrogen and oxygen atoms in total. The van der Waals surface area contributed by atoms with Gasteiger partial charge in [-0.1, -0.05) is 24.3 Å². The van der Waals surface area contributed by atoms with Gasteiger partial charge < -0.3 is 47.1 Å². The summed E-state index contributed by atoms with van der Waals surface area (Å²) < 4.78 is 0. The zero-order valence-corrected chi connectivity index (χ0v) is 21.9. The van der Waals surface area contributed by atoms with E-state index < -0.39 is 54.5 Å². The lowest BCUT2D eigenvalue weighted by molar-refractivity contribution is -0.142. The number of carboxylic acid groups (broad SMARTS) is 1. The Morgan fingerprint density at radius 2 is 1.24 bits per heavy atom. The molecule has 10 N–H and O–H groups in total. The molecule has 0 saturated heterocycles. The third-order valence-electron chi connectivity index (χ3n) is 6.15. The van der Waals surface area contributed by atoms with E-state index in [0.29, 0.717) is 16.8 Å². The number of hydrogen-bond donors (Lipinski definition) is 9. The first kappa shape index (κ1) is 30.6. The third-order valence-corrected chi connectivity index (χ3v) is 6.15. The van der Waals surface area contributed by atoms with Crippen LogP contribution in [0.15, 0.2) is 61.1 Å². The highest BCUT2D eigenvalue weighted by Crippen LogP contribution is 2.14. The van der Waals surface area contributed by atoms with E-state index in [-0.39, 0.29) is 30.8 Å². The SMILES string of the molecule is NC(Cc1cnc[nH]1)C(=O)NC(CO)C(=O)NC(Cc1ccc(O)cc1)C(=O)NC(Cc1ccc(O)cc1)C(=O)O. The van der Waals surface area contributed by atoms with Gasteiger partial charge in [-0.15, -0.1) is 0 Å². The van der Waals surface area contributed by atoms with Crippen molar-refractivity contribution < 1.29 is 39.6 Å². The first-order valence-corrected chi connectivity index (χ1v) is 12.6. The Morgan fingerprint density at radius 3 is 1.73 bits per heavy atom. The second-order valence-corrected chi connectivity index (χ2v) is 9.33. The number of aromatic amines is 1. The molecule has 3 amide bonds. The van der Waals surface area contributed by atoms with Crippen LogP contribution in [0.25, 0.3) is 0 Å². The van der Waals surface area contributed by atoms with Crippen LogP contribution in [-0.2, 0) is 38.4 Å². The predicted molar refractivity (Wildman–Crippen MR) is 144 cm³/mol. The number of hydrogen-bond acceptors (Lipinski definition) is 9. The number of aliphatic hydroxyl groups is 1. The van der Waals surface area contributed by atoms with Crippen LogP contribution >= 0.6 is 0 Å². The zero-order valence-electron chi connectivity index (χ0n) is 21.9. The number of imidazole rings is 1. The van der Waals surface area contributed by atoms with Gasteiger partial charge in [0, 0.05) is 31.2 Å². The minimum absolute atomic E-state index is 0.00544. The minimum atomic E-state index is -1.46. The van der Waals surface area contributed by atoms with Gasteiger partial charge >= 0.3 is 5.97 Å². The van der Waals surface area contributed by atoms with Crippen molar-refractivity contribution in [3.05, 3.63) is 77.9 Å². The van der Waals surface area contributed by atoms with Crippen LogP contribution in [0, 0.1) is 0 Å². The lowest BCUT2D eigenvalue weighted by atomic mass is 10.0. The summed E-state index contributed by atoms with van der Waals surface area (Å²) in [6.07, 6.45) is 2.79. The number of aromatic nitrogens is 2. The van der Waals surface area contributed by atoms with Crippen LogP contribution in [0.3, 0.4) is 0 Å². The van der Waals surface area contributed by atoms with E-state index in [2.05, 4.69) is 25.9 Å². The maximum absolute atomic E-state index is 13.3. The Kier molecular flexibility index (Phi) is 10.8. The molecule has 1 heterocycles. The minimum Gasteiger partial charge on any atom is -0.508 e. The second kappa shape index (κ2) is 14.4. The number of aromatic hydroxyl groups is 2. The van der Waals surface area contributed by atoms with Crippen molar-refractivity contribution in [2.24, 2.45) is 5.73 Å². The van der Waals surface area contributed by atoms with Crippen LogP contribution in [0.1, 0.15) is 16.8 Å². The highest BCUT2D eigenvalue weighted by atomic mass is 16.4.